The van der Waals surface area contributed by atoms with Gasteiger partial charge in [0.05, 0.1) is 18.8 Å². The number of aliphatic hydroxyl groups excluding tert-OH is 1. The van der Waals surface area contributed by atoms with Crippen LogP contribution in [0.2, 0.25) is 5.02 Å². The Bertz CT molecular complexity index is 861. The van der Waals surface area contributed by atoms with Crippen molar-refractivity contribution >= 4 is 17.5 Å². The van der Waals surface area contributed by atoms with Crippen molar-refractivity contribution in [1.82, 2.24) is 5.32 Å². The summed E-state index contributed by atoms with van der Waals surface area (Å²) in [5.41, 5.74) is 9.51. The number of amides is 1. The highest BCUT2D eigenvalue weighted by molar-refractivity contribution is 6.30. The maximum atomic E-state index is 11.4. The van der Waals surface area contributed by atoms with Crippen LogP contribution in [-0.4, -0.2) is 43.9 Å². The van der Waals surface area contributed by atoms with E-state index in [1.165, 1.54) is 5.56 Å². The number of halogens is 1. The van der Waals surface area contributed by atoms with Crippen LogP contribution in [0.1, 0.15) is 40.9 Å². The highest BCUT2D eigenvalue weighted by atomic mass is 35.5. The smallest absolute Gasteiger partial charge is 0.243 e. The number of methoxy groups -OCH3 is 1. The number of fused-ring (bicyclic) bond motifs is 1. The average Bonchev–Trinajstić information content (AvgIpc) is 2.74. The number of carbonyl (C=O) groups excluding carboxylic acids is 1. The number of aryl methyl sites for hydroxylation is 1. The molecule has 0 radical (unpaired) electrons. The van der Waals surface area contributed by atoms with Gasteiger partial charge < -0.3 is 25.6 Å². The Morgan fingerprint density at radius 1 is 1.33 bits per heavy atom. The minimum Gasteiger partial charge on any atom is -0.387 e. The molecule has 0 fully saturated rings. The van der Waals surface area contributed by atoms with E-state index < -0.39 is 12.0 Å². The molecule has 7 heteroatoms. The molecular weight excluding hydrogens is 404 g/mol. The van der Waals surface area contributed by atoms with Gasteiger partial charge in [-0.3, -0.25) is 4.79 Å². The topological polar surface area (TPSA) is 93.8 Å². The van der Waals surface area contributed by atoms with E-state index in [4.69, 9.17) is 26.8 Å². The minimum atomic E-state index is -0.699. The van der Waals surface area contributed by atoms with Crippen molar-refractivity contribution in [3.63, 3.8) is 0 Å². The molecular formula is C23H29ClN2O4. The van der Waals surface area contributed by atoms with E-state index in [1.807, 2.05) is 12.1 Å². The standard InChI is InChI=1S/C23H29ClN2O4/c1-29-10-9-15-5-6-16-7-8-20(23(19(16)11-15)30-14-22(25)28)26-13-21(27)17-3-2-4-18(24)12-17/h2-6,11-12,20-21,23,26-27H,7-10,13-14H2,1H3,(H2,25,28)/t20?,21-,23?/m0/s1. The van der Waals surface area contributed by atoms with E-state index in [0.29, 0.717) is 18.2 Å². The Kier molecular flexibility index (Phi) is 8.24. The number of rotatable bonds is 10. The number of nitrogens with two attached hydrogens (primary N) is 1. The Balaban J connectivity index is 1.75. The van der Waals surface area contributed by atoms with Crippen LogP contribution >= 0.6 is 11.6 Å². The van der Waals surface area contributed by atoms with Gasteiger partial charge in [0.1, 0.15) is 6.61 Å². The van der Waals surface area contributed by atoms with Gasteiger partial charge in [-0.1, -0.05) is 41.9 Å². The van der Waals surface area contributed by atoms with Gasteiger partial charge in [-0.2, -0.15) is 0 Å². The Labute approximate surface area is 182 Å². The molecule has 2 aromatic carbocycles. The molecule has 0 heterocycles. The lowest BCUT2D eigenvalue weighted by atomic mass is 9.84. The van der Waals surface area contributed by atoms with E-state index in [9.17, 15) is 9.90 Å². The summed E-state index contributed by atoms with van der Waals surface area (Å²) < 4.78 is 11.1. The lowest BCUT2D eigenvalue weighted by Gasteiger charge is -2.35. The summed E-state index contributed by atoms with van der Waals surface area (Å²) in [7, 11) is 1.68. The molecule has 2 unspecified atom stereocenters. The third-order valence-corrected chi connectivity index (χ3v) is 5.65. The van der Waals surface area contributed by atoms with Crippen molar-refractivity contribution in [3.8, 4) is 0 Å². The molecule has 0 saturated heterocycles. The Morgan fingerprint density at radius 3 is 2.90 bits per heavy atom. The van der Waals surface area contributed by atoms with Crippen molar-refractivity contribution in [2.45, 2.75) is 37.5 Å². The van der Waals surface area contributed by atoms with Crippen molar-refractivity contribution in [1.29, 1.82) is 0 Å². The summed E-state index contributed by atoms with van der Waals surface area (Å²) >= 11 is 6.03. The third-order valence-electron chi connectivity index (χ3n) is 5.41. The van der Waals surface area contributed by atoms with Crippen LogP contribution in [0.15, 0.2) is 42.5 Å². The zero-order valence-electron chi connectivity index (χ0n) is 17.1. The van der Waals surface area contributed by atoms with Crippen molar-refractivity contribution in [2.75, 3.05) is 26.9 Å². The molecule has 1 amide bonds. The number of carbonyl (C=O) groups is 1. The summed E-state index contributed by atoms with van der Waals surface area (Å²) in [5, 5.41) is 14.6. The fourth-order valence-corrected chi connectivity index (χ4v) is 4.07. The molecule has 2 aromatic rings. The lowest BCUT2D eigenvalue weighted by Crippen LogP contribution is -2.42. The van der Waals surface area contributed by atoms with Gasteiger partial charge >= 0.3 is 0 Å². The first-order chi connectivity index (χ1) is 14.5. The van der Waals surface area contributed by atoms with Gasteiger partial charge in [0, 0.05) is 24.7 Å². The Hall–Kier alpha value is -1.96. The predicted octanol–water partition coefficient (Wildman–Crippen LogP) is 2.71. The van der Waals surface area contributed by atoms with E-state index in [1.54, 1.807) is 19.2 Å². The summed E-state index contributed by atoms with van der Waals surface area (Å²) in [6.07, 6.45) is 1.50. The van der Waals surface area contributed by atoms with Crippen molar-refractivity contribution < 1.29 is 19.4 Å². The molecule has 0 bridgehead atoms. The summed E-state index contributed by atoms with van der Waals surface area (Å²) in [6, 6.07) is 13.5. The van der Waals surface area contributed by atoms with Gasteiger partial charge in [-0.05, 0) is 53.6 Å². The van der Waals surface area contributed by atoms with Crippen LogP contribution in [-0.2, 0) is 27.1 Å². The number of ether oxygens (including phenoxy) is 2. The van der Waals surface area contributed by atoms with Gasteiger partial charge in [-0.15, -0.1) is 0 Å². The molecule has 162 valence electrons. The largest absolute Gasteiger partial charge is 0.387 e. The number of benzene rings is 2. The van der Waals surface area contributed by atoms with Crippen LogP contribution in [0.4, 0.5) is 0 Å². The third kappa shape index (κ3) is 6.03. The lowest BCUT2D eigenvalue weighted by molar-refractivity contribution is -0.125. The van der Waals surface area contributed by atoms with Crippen LogP contribution in [0, 0.1) is 0 Å². The van der Waals surface area contributed by atoms with Crippen LogP contribution < -0.4 is 11.1 Å². The molecule has 6 nitrogen and oxygen atoms in total. The summed E-state index contributed by atoms with van der Waals surface area (Å²) in [6.45, 7) is 0.834. The molecule has 1 aliphatic rings. The molecule has 0 spiro atoms. The Morgan fingerprint density at radius 2 is 2.17 bits per heavy atom. The predicted molar refractivity (Wildman–Crippen MR) is 116 cm³/mol. The normalized spacial score (nSPS) is 19.3. The van der Waals surface area contributed by atoms with E-state index in [2.05, 4.69) is 23.5 Å². The van der Waals surface area contributed by atoms with Crippen LogP contribution in [0.25, 0.3) is 0 Å². The van der Waals surface area contributed by atoms with Gasteiger partial charge in [0.2, 0.25) is 5.91 Å². The monoisotopic (exact) mass is 432 g/mol. The van der Waals surface area contributed by atoms with Crippen LogP contribution in [0.5, 0.6) is 0 Å². The molecule has 30 heavy (non-hydrogen) atoms. The number of nitrogens with one attached hydrogen (secondary N) is 1. The fourth-order valence-electron chi connectivity index (χ4n) is 3.87. The zero-order chi connectivity index (χ0) is 21.5. The molecule has 0 aromatic heterocycles. The average molecular weight is 433 g/mol. The highest BCUT2D eigenvalue weighted by Gasteiger charge is 2.31. The van der Waals surface area contributed by atoms with E-state index >= 15 is 0 Å². The first-order valence-electron chi connectivity index (χ1n) is 10.2. The first-order valence-corrected chi connectivity index (χ1v) is 10.5. The number of hydrogen-bond donors (Lipinski definition) is 3. The maximum Gasteiger partial charge on any atom is 0.243 e. The number of aliphatic hydroxyl groups is 1. The van der Waals surface area contributed by atoms with Crippen molar-refractivity contribution in [2.24, 2.45) is 5.73 Å². The van der Waals surface area contributed by atoms with Crippen molar-refractivity contribution in [3.05, 3.63) is 69.7 Å². The maximum absolute atomic E-state index is 11.4. The van der Waals surface area contributed by atoms with Gasteiger partial charge in [0.25, 0.3) is 0 Å². The number of primary amides is 1. The first kappa shape index (κ1) is 22.7. The summed E-state index contributed by atoms with van der Waals surface area (Å²) in [5.74, 6) is -0.504. The van der Waals surface area contributed by atoms with E-state index in [-0.39, 0.29) is 18.8 Å². The van der Waals surface area contributed by atoms with Gasteiger partial charge in [-0.25, -0.2) is 0 Å². The van der Waals surface area contributed by atoms with E-state index in [0.717, 1.165) is 36.0 Å². The summed E-state index contributed by atoms with van der Waals surface area (Å²) in [4.78, 5) is 11.4. The second kappa shape index (κ2) is 10.9. The molecule has 0 saturated carbocycles. The fraction of sp³-hybridized carbons (Fsp3) is 0.435. The molecule has 3 atom stereocenters. The van der Waals surface area contributed by atoms with Gasteiger partial charge in [0.15, 0.2) is 0 Å². The molecule has 4 N–H and O–H groups in total. The second-order valence-electron chi connectivity index (χ2n) is 7.60. The molecule has 1 aliphatic carbocycles. The SMILES string of the molecule is COCCc1ccc2c(c1)C(OCC(N)=O)C(NC[C@H](O)c1cccc(Cl)c1)CC2. The quantitative estimate of drug-likeness (QED) is 0.536. The zero-order valence-corrected chi connectivity index (χ0v) is 17.9. The molecule has 0 aliphatic heterocycles. The second-order valence-corrected chi connectivity index (χ2v) is 8.03. The highest BCUT2D eigenvalue weighted by Crippen LogP contribution is 2.34. The number of hydrogen-bond acceptors (Lipinski definition) is 5. The molecule has 3 rings (SSSR count). The van der Waals surface area contributed by atoms with Crippen LogP contribution in [0.3, 0.4) is 0 Å². The minimum absolute atomic E-state index is 0.0524.